The van der Waals surface area contributed by atoms with Crippen molar-refractivity contribution in [2.45, 2.75) is 32.7 Å². The van der Waals surface area contributed by atoms with Crippen molar-refractivity contribution < 1.29 is 9.21 Å². The predicted octanol–water partition coefficient (Wildman–Crippen LogP) is 3.32. The standard InChI is InChI=1S/C27H29N5O3/c1-19-6-8-20(9-7-19)18-32-24-23(5-2-13-28-24)30-25(27(32)34)31-15-11-21(12-16-31)26(33)29-14-10-22-4-3-17-35-22/h2-9,13,17,21H,10-12,14-16,18H2,1H3,(H,29,33). The zero-order valence-corrected chi connectivity index (χ0v) is 19.8. The number of anilines is 1. The zero-order chi connectivity index (χ0) is 24.2. The van der Waals surface area contributed by atoms with E-state index in [1.54, 1.807) is 17.0 Å². The van der Waals surface area contributed by atoms with Crippen LogP contribution in [0.4, 0.5) is 5.82 Å². The maximum absolute atomic E-state index is 13.6. The van der Waals surface area contributed by atoms with Gasteiger partial charge in [0.05, 0.1) is 12.8 Å². The average Bonchev–Trinajstić information content (AvgIpc) is 3.40. The van der Waals surface area contributed by atoms with Gasteiger partial charge >= 0.3 is 0 Å². The number of aromatic nitrogens is 3. The van der Waals surface area contributed by atoms with Crippen LogP contribution in [-0.2, 0) is 17.8 Å². The van der Waals surface area contributed by atoms with Gasteiger partial charge in [-0.15, -0.1) is 0 Å². The first-order valence-electron chi connectivity index (χ1n) is 12.0. The molecule has 0 bridgehead atoms. The number of carbonyl (C=O) groups is 1. The number of carbonyl (C=O) groups excluding carboxylic acids is 1. The lowest BCUT2D eigenvalue weighted by Crippen LogP contribution is -2.43. The molecule has 1 N–H and O–H groups in total. The third kappa shape index (κ3) is 5.11. The van der Waals surface area contributed by atoms with Crippen LogP contribution in [0.1, 0.15) is 29.7 Å². The van der Waals surface area contributed by atoms with E-state index in [-0.39, 0.29) is 17.4 Å². The summed E-state index contributed by atoms with van der Waals surface area (Å²) in [6.45, 7) is 4.23. The second kappa shape index (κ2) is 10.1. The minimum absolute atomic E-state index is 0.0589. The molecule has 35 heavy (non-hydrogen) atoms. The van der Waals surface area contributed by atoms with Crippen LogP contribution in [0.15, 0.2) is 70.2 Å². The molecule has 8 heteroatoms. The fraction of sp³-hybridized carbons (Fsp3) is 0.333. The third-order valence-electron chi connectivity index (χ3n) is 6.56. The largest absolute Gasteiger partial charge is 0.469 e. The second-order valence-electron chi connectivity index (χ2n) is 9.04. The number of piperidine rings is 1. The summed E-state index contributed by atoms with van der Waals surface area (Å²) in [7, 11) is 0. The Balaban J connectivity index is 1.30. The first-order valence-corrected chi connectivity index (χ1v) is 12.0. The SMILES string of the molecule is Cc1ccc(Cn2c(=O)c(N3CCC(C(=O)NCCc4ccco4)CC3)nc3cccnc32)cc1. The highest BCUT2D eigenvalue weighted by atomic mass is 16.3. The van der Waals surface area contributed by atoms with Gasteiger partial charge in [0.1, 0.15) is 11.3 Å². The van der Waals surface area contributed by atoms with Crippen LogP contribution in [-0.4, -0.2) is 40.1 Å². The summed E-state index contributed by atoms with van der Waals surface area (Å²) < 4.78 is 7.02. The first kappa shape index (κ1) is 22.8. The molecule has 1 aliphatic heterocycles. The van der Waals surface area contributed by atoms with Crippen molar-refractivity contribution in [3.63, 3.8) is 0 Å². The predicted molar refractivity (Wildman–Crippen MR) is 134 cm³/mol. The molecule has 8 nitrogen and oxygen atoms in total. The number of hydrogen-bond acceptors (Lipinski definition) is 6. The van der Waals surface area contributed by atoms with Gasteiger partial charge in [-0.3, -0.25) is 14.2 Å². The highest BCUT2D eigenvalue weighted by molar-refractivity contribution is 5.79. The van der Waals surface area contributed by atoms with Gasteiger partial charge in [-0.1, -0.05) is 29.8 Å². The van der Waals surface area contributed by atoms with E-state index in [0.717, 1.165) is 11.3 Å². The monoisotopic (exact) mass is 471 g/mol. The van der Waals surface area contributed by atoms with Crippen molar-refractivity contribution in [2.75, 3.05) is 24.5 Å². The van der Waals surface area contributed by atoms with E-state index < -0.39 is 0 Å². The summed E-state index contributed by atoms with van der Waals surface area (Å²) in [5, 5.41) is 3.01. The molecule has 180 valence electrons. The van der Waals surface area contributed by atoms with Gasteiger partial charge in [0, 0.05) is 38.2 Å². The van der Waals surface area contributed by atoms with Crippen molar-refractivity contribution in [3.8, 4) is 0 Å². The van der Waals surface area contributed by atoms with Crippen molar-refractivity contribution in [1.82, 2.24) is 19.9 Å². The van der Waals surface area contributed by atoms with E-state index in [1.165, 1.54) is 5.56 Å². The van der Waals surface area contributed by atoms with Crippen LogP contribution in [0.2, 0.25) is 0 Å². The van der Waals surface area contributed by atoms with Crippen molar-refractivity contribution in [2.24, 2.45) is 5.92 Å². The third-order valence-corrected chi connectivity index (χ3v) is 6.56. The molecule has 0 aliphatic carbocycles. The number of amides is 1. The summed E-state index contributed by atoms with van der Waals surface area (Å²) in [4.78, 5) is 37.3. The van der Waals surface area contributed by atoms with E-state index in [9.17, 15) is 9.59 Å². The summed E-state index contributed by atoms with van der Waals surface area (Å²) in [6, 6.07) is 15.6. The van der Waals surface area contributed by atoms with Crippen LogP contribution >= 0.6 is 0 Å². The summed E-state index contributed by atoms with van der Waals surface area (Å²) >= 11 is 0. The Labute approximate surface area is 203 Å². The maximum Gasteiger partial charge on any atom is 0.295 e. The molecule has 5 rings (SSSR count). The molecule has 1 aromatic carbocycles. The molecule has 0 saturated carbocycles. The van der Waals surface area contributed by atoms with Gasteiger partial charge in [0.2, 0.25) is 5.91 Å². The molecule has 1 fully saturated rings. The molecule has 4 aromatic rings. The van der Waals surface area contributed by atoms with Crippen molar-refractivity contribution >= 4 is 22.9 Å². The van der Waals surface area contributed by atoms with Crippen LogP contribution in [0.5, 0.6) is 0 Å². The fourth-order valence-electron chi connectivity index (χ4n) is 4.55. The lowest BCUT2D eigenvalue weighted by Gasteiger charge is -2.32. The number of fused-ring (bicyclic) bond motifs is 1. The normalized spacial score (nSPS) is 14.4. The van der Waals surface area contributed by atoms with Gasteiger partial charge in [0.15, 0.2) is 11.5 Å². The second-order valence-corrected chi connectivity index (χ2v) is 9.04. The molecule has 0 atom stereocenters. The Kier molecular flexibility index (Phi) is 6.61. The number of nitrogens with one attached hydrogen (secondary N) is 1. The van der Waals surface area contributed by atoms with E-state index in [2.05, 4.69) is 15.3 Å². The first-order chi connectivity index (χ1) is 17.1. The molecule has 0 spiro atoms. The molecule has 1 saturated heterocycles. The average molecular weight is 472 g/mol. The van der Waals surface area contributed by atoms with Gasteiger partial charge in [0.25, 0.3) is 5.56 Å². The van der Waals surface area contributed by atoms with E-state index in [4.69, 9.17) is 4.42 Å². The highest BCUT2D eigenvalue weighted by Gasteiger charge is 2.27. The smallest absolute Gasteiger partial charge is 0.295 e. The van der Waals surface area contributed by atoms with Gasteiger partial charge in [-0.2, -0.15) is 0 Å². The van der Waals surface area contributed by atoms with E-state index in [0.29, 0.717) is 62.4 Å². The quantitative estimate of drug-likeness (QED) is 0.445. The molecular weight excluding hydrogens is 442 g/mol. The number of furan rings is 1. The van der Waals surface area contributed by atoms with Crippen LogP contribution in [0.3, 0.4) is 0 Å². The van der Waals surface area contributed by atoms with Crippen LogP contribution < -0.4 is 15.8 Å². The Bertz CT molecular complexity index is 1350. The lowest BCUT2D eigenvalue weighted by atomic mass is 9.96. The topological polar surface area (TPSA) is 93.3 Å². The van der Waals surface area contributed by atoms with Crippen molar-refractivity contribution in [1.29, 1.82) is 0 Å². The molecular formula is C27H29N5O3. The number of nitrogens with zero attached hydrogens (tertiary/aromatic N) is 4. The molecule has 4 heterocycles. The summed E-state index contributed by atoms with van der Waals surface area (Å²) in [6.07, 6.45) is 5.35. The zero-order valence-electron chi connectivity index (χ0n) is 19.8. The van der Waals surface area contributed by atoms with Gasteiger partial charge in [-0.25, -0.2) is 9.97 Å². The Morgan fingerprint density at radius 1 is 1.11 bits per heavy atom. The Hall–Kier alpha value is -3.94. The summed E-state index contributed by atoms with van der Waals surface area (Å²) in [5.74, 6) is 1.27. The number of benzene rings is 1. The molecule has 0 unspecified atom stereocenters. The van der Waals surface area contributed by atoms with Crippen LogP contribution in [0, 0.1) is 12.8 Å². The minimum Gasteiger partial charge on any atom is -0.469 e. The van der Waals surface area contributed by atoms with Gasteiger partial charge in [-0.05, 0) is 49.6 Å². The van der Waals surface area contributed by atoms with E-state index in [1.807, 2.05) is 60.4 Å². The number of rotatable bonds is 7. The summed E-state index contributed by atoms with van der Waals surface area (Å²) in [5.41, 5.74) is 3.32. The molecule has 0 radical (unpaired) electrons. The minimum atomic E-state index is -0.155. The highest BCUT2D eigenvalue weighted by Crippen LogP contribution is 2.22. The Morgan fingerprint density at radius 2 is 1.91 bits per heavy atom. The number of pyridine rings is 1. The molecule has 1 amide bonds. The molecule has 3 aromatic heterocycles. The Morgan fingerprint density at radius 3 is 2.66 bits per heavy atom. The van der Waals surface area contributed by atoms with Gasteiger partial charge < -0.3 is 14.6 Å². The van der Waals surface area contributed by atoms with Crippen LogP contribution in [0.25, 0.3) is 11.2 Å². The van der Waals surface area contributed by atoms with E-state index >= 15 is 0 Å². The maximum atomic E-state index is 13.6. The van der Waals surface area contributed by atoms with Crippen molar-refractivity contribution in [3.05, 3.63) is 88.2 Å². The number of aryl methyl sites for hydroxylation is 1. The lowest BCUT2D eigenvalue weighted by molar-refractivity contribution is -0.125. The molecule has 1 aliphatic rings. The fourth-order valence-corrected chi connectivity index (χ4v) is 4.55. The number of hydrogen-bond donors (Lipinski definition) is 1.